The van der Waals surface area contributed by atoms with Crippen molar-refractivity contribution in [3.05, 3.63) is 56.8 Å². The molecule has 2 N–H and O–H groups in total. The highest BCUT2D eigenvalue weighted by Gasteiger charge is 2.30. The highest BCUT2D eigenvalue weighted by atomic mass is 32.1. The molecule has 1 aromatic heterocycles. The van der Waals surface area contributed by atoms with Crippen LogP contribution in [0.25, 0.3) is 0 Å². The third-order valence-electron chi connectivity index (χ3n) is 3.97. The summed E-state index contributed by atoms with van der Waals surface area (Å²) in [4.78, 5) is 47.9. The molecule has 10 heteroatoms. The van der Waals surface area contributed by atoms with Crippen LogP contribution in [-0.2, 0) is 14.3 Å². The second-order valence-electron chi connectivity index (χ2n) is 6.52. The van der Waals surface area contributed by atoms with Crippen molar-refractivity contribution in [3.63, 3.8) is 0 Å². The molecule has 0 radical (unpaired) electrons. The summed E-state index contributed by atoms with van der Waals surface area (Å²) in [5.41, 5.74) is -0.278. The van der Waals surface area contributed by atoms with Crippen LogP contribution in [0.4, 0.5) is 11.4 Å². The quantitative estimate of drug-likeness (QED) is 0.385. The number of esters is 1. The number of para-hydroxylation sites is 2. The van der Waals surface area contributed by atoms with Crippen LogP contribution in [0.3, 0.4) is 0 Å². The van der Waals surface area contributed by atoms with Gasteiger partial charge in [-0.25, -0.2) is 4.79 Å². The van der Waals surface area contributed by atoms with Gasteiger partial charge >= 0.3 is 5.97 Å². The number of nitro groups is 1. The summed E-state index contributed by atoms with van der Waals surface area (Å²) in [6, 6.07) is 8.04. The molecule has 29 heavy (non-hydrogen) atoms. The van der Waals surface area contributed by atoms with Gasteiger partial charge in [-0.15, -0.1) is 11.3 Å². The second kappa shape index (κ2) is 9.78. The van der Waals surface area contributed by atoms with Crippen molar-refractivity contribution in [2.45, 2.75) is 32.9 Å². The first kappa shape index (κ1) is 22.0. The van der Waals surface area contributed by atoms with Crippen LogP contribution in [0.5, 0.6) is 0 Å². The zero-order valence-electron chi connectivity index (χ0n) is 16.1. The third-order valence-corrected chi connectivity index (χ3v) is 4.84. The van der Waals surface area contributed by atoms with Gasteiger partial charge in [0.2, 0.25) is 0 Å². The van der Waals surface area contributed by atoms with Gasteiger partial charge in [0.1, 0.15) is 11.7 Å². The van der Waals surface area contributed by atoms with E-state index in [2.05, 4.69) is 10.6 Å². The van der Waals surface area contributed by atoms with E-state index in [-0.39, 0.29) is 17.3 Å². The Morgan fingerprint density at radius 2 is 1.79 bits per heavy atom. The van der Waals surface area contributed by atoms with E-state index in [4.69, 9.17) is 4.74 Å². The molecule has 0 unspecified atom stereocenters. The Morgan fingerprint density at radius 1 is 1.10 bits per heavy atom. The van der Waals surface area contributed by atoms with E-state index in [9.17, 15) is 24.5 Å². The van der Waals surface area contributed by atoms with Gasteiger partial charge in [0.15, 0.2) is 6.10 Å². The van der Waals surface area contributed by atoms with Gasteiger partial charge in [-0.1, -0.05) is 32.0 Å². The Balaban J connectivity index is 2.02. The number of hydrogen-bond acceptors (Lipinski definition) is 7. The number of amides is 2. The molecular weight excluding hydrogens is 398 g/mol. The fraction of sp³-hybridized carbons (Fsp3) is 0.316. The number of thiophene rings is 1. The molecule has 0 aliphatic rings. The first-order valence-electron chi connectivity index (χ1n) is 8.79. The minimum atomic E-state index is -1.22. The van der Waals surface area contributed by atoms with Crippen LogP contribution in [0.1, 0.15) is 30.4 Å². The van der Waals surface area contributed by atoms with Gasteiger partial charge in [0.05, 0.1) is 9.80 Å². The van der Waals surface area contributed by atoms with Crippen LogP contribution in [0, 0.1) is 16.0 Å². The smallest absolute Gasteiger partial charge is 0.329 e. The molecule has 0 fully saturated rings. The zero-order chi connectivity index (χ0) is 21.6. The maximum atomic E-state index is 12.5. The van der Waals surface area contributed by atoms with E-state index in [0.717, 1.165) is 0 Å². The van der Waals surface area contributed by atoms with Gasteiger partial charge in [0, 0.05) is 6.07 Å². The fourth-order valence-corrected chi connectivity index (χ4v) is 3.02. The molecule has 2 atom stereocenters. The molecular formula is C19H21N3O6S. The molecule has 1 aromatic carbocycles. The molecule has 2 aromatic rings. The summed E-state index contributed by atoms with van der Waals surface area (Å²) in [6.45, 7) is 4.82. The Labute approximate surface area is 171 Å². The van der Waals surface area contributed by atoms with Crippen LogP contribution >= 0.6 is 11.3 Å². The molecule has 9 nitrogen and oxygen atoms in total. The highest BCUT2D eigenvalue weighted by molar-refractivity contribution is 7.12. The average molecular weight is 419 g/mol. The number of nitrogens with zero attached hydrogens (tertiary/aromatic N) is 1. The normalized spacial score (nSPS) is 12.7. The first-order valence-corrected chi connectivity index (χ1v) is 9.67. The molecule has 0 saturated heterocycles. The van der Waals surface area contributed by atoms with Crippen LogP contribution in [-0.4, -0.2) is 34.9 Å². The van der Waals surface area contributed by atoms with Crippen molar-refractivity contribution >= 4 is 40.5 Å². The largest absolute Gasteiger partial charge is 0.451 e. The number of hydrogen-bond donors (Lipinski definition) is 2. The van der Waals surface area contributed by atoms with Crippen molar-refractivity contribution in [3.8, 4) is 0 Å². The number of anilines is 1. The molecule has 2 rings (SSSR count). The number of nitro benzene ring substituents is 1. The van der Waals surface area contributed by atoms with E-state index >= 15 is 0 Å². The molecule has 154 valence electrons. The Kier molecular flexibility index (Phi) is 7.43. The maximum Gasteiger partial charge on any atom is 0.329 e. The van der Waals surface area contributed by atoms with Crippen LogP contribution in [0.2, 0.25) is 0 Å². The minimum Gasteiger partial charge on any atom is -0.451 e. The molecule has 1 heterocycles. The fourth-order valence-electron chi connectivity index (χ4n) is 2.39. The summed E-state index contributed by atoms with van der Waals surface area (Å²) < 4.78 is 5.19. The summed E-state index contributed by atoms with van der Waals surface area (Å²) in [5, 5.41) is 17.8. The van der Waals surface area contributed by atoms with E-state index < -0.39 is 34.9 Å². The topological polar surface area (TPSA) is 128 Å². The standard InChI is InChI=1S/C19H21N3O6S/c1-11(2)16(21-18(24)15-9-6-10-29-15)19(25)28-12(3)17(23)20-13-7-4-5-8-14(13)22(26)27/h4-12,16H,1-3H3,(H,20,23)(H,21,24)/t12-,16-/m0/s1. The predicted octanol–water partition coefficient (Wildman–Crippen LogP) is 2.98. The van der Waals surface area contributed by atoms with E-state index in [1.54, 1.807) is 31.4 Å². The number of benzene rings is 1. The summed E-state index contributed by atoms with van der Waals surface area (Å²) in [6.07, 6.45) is -1.22. The van der Waals surface area contributed by atoms with Crippen molar-refractivity contribution in [2.75, 3.05) is 5.32 Å². The number of ether oxygens (including phenoxy) is 1. The highest BCUT2D eigenvalue weighted by Crippen LogP contribution is 2.23. The predicted molar refractivity (Wildman–Crippen MR) is 108 cm³/mol. The van der Waals surface area contributed by atoms with Gasteiger partial charge in [0.25, 0.3) is 17.5 Å². The lowest BCUT2D eigenvalue weighted by Gasteiger charge is -2.22. The molecule has 0 bridgehead atoms. The number of rotatable bonds is 8. The summed E-state index contributed by atoms with van der Waals surface area (Å²) in [7, 11) is 0. The maximum absolute atomic E-state index is 12.5. The van der Waals surface area contributed by atoms with E-state index in [0.29, 0.717) is 4.88 Å². The lowest BCUT2D eigenvalue weighted by atomic mass is 10.0. The Bertz CT molecular complexity index is 897. The minimum absolute atomic E-state index is 0.00296. The Morgan fingerprint density at radius 3 is 2.38 bits per heavy atom. The van der Waals surface area contributed by atoms with Crippen molar-refractivity contribution in [2.24, 2.45) is 5.92 Å². The van der Waals surface area contributed by atoms with Gasteiger partial charge in [-0.2, -0.15) is 0 Å². The lowest BCUT2D eigenvalue weighted by molar-refractivity contribution is -0.383. The van der Waals surface area contributed by atoms with Crippen LogP contribution in [0.15, 0.2) is 41.8 Å². The zero-order valence-corrected chi connectivity index (χ0v) is 16.9. The SMILES string of the molecule is CC(C)[C@H](NC(=O)c1cccs1)C(=O)O[C@@H](C)C(=O)Nc1ccccc1[N+](=O)[O-]. The third kappa shape index (κ3) is 5.85. The molecule has 0 aliphatic carbocycles. The van der Waals surface area contributed by atoms with Crippen molar-refractivity contribution < 1.29 is 24.0 Å². The molecule has 2 amide bonds. The second-order valence-corrected chi connectivity index (χ2v) is 7.46. The number of carbonyl (C=O) groups is 3. The van der Waals surface area contributed by atoms with E-state index in [1.165, 1.54) is 42.5 Å². The molecule has 0 saturated carbocycles. The summed E-state index contributed by atoms with van der Waals surface area (Å²) in [5.74, 6) is -2.18. The van der Waals surface area contributed by atoms with Crippen molar-refractivity contribution in [1.29, 1.82) is 0 Å². The van der Waals surface area contributed by atoms with Crippen molar-refractivity contribution in [1.82, 2.24) is 5.32 Å². The first-order chi connectivity index (χ1) is 13.7. The number of nitrogens with one attached hydrogen (secondary N) is 2. The molecule has 0 aliphatic heterocycles. The monoisotopic (exact) mass is 419 g/mol. The number of carbonyl (C=O) groups excluding carboxylic acids is 3. The van der Waals surface area contributed by atoms with E-state index in [1.807, 2.05) is 0 Å². The average Bonchev–Trinajstić information content (AvgIpc) is 3.20. The van der Waals surface area contributed by atoms with Gasteiger partial charge in [-0.3, -0.25) is 19.7 Å². The molecule has 0 spiro atoms. The summed E-state index contributed by atoms with van der Waals surface area (Å²) >= 11 is 1.24. The Hall–Kier alpha value is -3.27. The van der Waals surface area contributed by atoms with Crippen LogP contribution < -0.4 is 10.6 Å². The van der Waals surface area contributed by atoms with Gasteiger partial charge in [-0.05, 0) is 30.4 Å². The lowest BCUT2D eigenvalue weighted by Crippen LogP contribution is -2.47. The van der Waals surface area contributed by atoms with Gasteiger partial charge < -0.3 is 15.4 Å².